The number of hydrogen-bond donors (Lipinski definition) is 2. The maximum atomic E-state index is 14.1. The van der Waals surface area contributed by atoms with Gasteiger partial charge in [0.25, 0.3) is 5.91 Å². The van der Waals surface area contributed by atoms with Crippen molar-refractivity contribution in [2.24, 2.45) is 5.73 Å². The molecule has 3 rings (SSSR count). The molecular formula is C17H18F2N2O5. The first-order valence-corrected chi connectivity index (χ1v) is 8.09. The molecule has 1 aliphatic heterocycles. The zero-order valence-electron chi connectivity index (χ0n) is 13.8. The largest absolute Gasteiger partial charge is 0.487 e. The lowest BCUT2D eigenvalue weighted by atomic mass is 9.97. The summed E-state index contributed by atoms with van der Waals surface area (Å²) in [7, 11) is 0. The Morgan fingerprint density at radius 1 is 1.38 bits per heavy atom. The lowest BCUT2D eigenvalue weighted by Gasteiger charge is -2.19. The fourth-order valence-electron chi connectivity index (χ4n) is 2.75. The van der Waals surface area contributed by atoms with Gasteiger partial charge in [-0.2, -0.15) is 0 Å². The van der Waals surface area contributed by atoms with Crippen molar-refractivity contribution < 1.29 is 32.6 Å². The number of carbonyl (C=O) groups excluding carboxylic acids is 1. The molecule has 7 nitrogen and oxygen atoms in total. The number of nitrogens with zero attached hydrogens (tertiary/aromatic N) is 1. The van der Waals surface area contributed by atoms with Crippen molar-refractivity contribution >= 4 is 5.91 Å². The molecule has 1 aliphatic rings. The van der Waals surface area contributed by atoms with Gasteiger partial charge in [0.15, 0.2) is 17.7 Å². The average Bonchev–Trinajstić information content (AvgIpc) is 3.11. The Bertz CT molecular complexity index is 789. The third-order valence-electron chi connectivity index (χ3n) is 4.16. The van der Waals surface area contributed by atoms with Crippen LogP contribution in [0.25, 0.3) is 0 Å². The predicted molar refractivity (Wildman–Crippen MR) is 84.6 cm³/mol. The van der Waals surface area contributed by atoms with Crippen LogP contribution in [0.4, 0.5) is 8.78 Å². The van der Waals surface area contributed by atoms with Gasteiger partial charge in [0.05, 0.1) is 5.69 Å². The van der Waals surface area contributed by atoms with Crippen LogP contribution in [-0.2, 0) is 4.74 Å². The summed E-state index contributed by atoms with van der Waals surface area (Å²) in [6.45, 7) is 0.892. The van der Waals surface area contributed by atoms with Gasteiger partial charge in [-0.15, -0.1) is 0 Å². The van der Waals surface area contributed by atoms with Crippen molar-refractivity contribution in [2.75, 3.05) is 19.8 Å². The Hall–Kier alpha value is -2.52. The molecule has 3 N–H and O–H groups in total. The quantitative estimate of drug-likeness (QED) is 0.808. The molecule has 1 fully saturated rings. The van der Waals surface area contributed by atoms with E-state index in [-0.39, 0.29) is 11.8 Å². The molecular weight excluding hydrogens is 350 g/mol. The van der Waals surface area contributed by atoms with Crippen LogP contribution in [0.15, 0.2) is 22.8 Å². The van der Waals surface area contributed by atoms with Gasteiger partial charge in [-0.3, -0.25) is 4.79 Å². The van der Waals surface area contributed by atoms with Crippen molar-refractivity contribution in [3.63, 3.8) is 0 Å². The van der Waals surface area contributed by atoms with E-state index in [4.69, 9.17) is 19.6 Å². The van der Waals surface area contributed by atoms with Crippen LogP contribution >= 0.6 is 0 Å². The Morgan fingerprint density at radius 2 is 2.12 bits per heavy atom. The molecule has 1 saturated heterocycles. The van der Waals surface area contributed by atoms with Crippen molar-refractivity contribution in [3.05, 3.63) is 47.2 Å². The third-order valence-corrected chi connectivity index (χ3v) is 4.16. The number of amides is 1. The zero-order chi connectivity index (χ0) is 18.7. The summed E-state index contributed by atoms with van der Waals surface area (Å²) >= 11 is 0. The first-order chi connectivity index (χ1) is 12.5. The Kier molecular flexibility index (Phi) is 5.48. The number of nitrogens with two attached hydrogens (primary N) is 1. The van der Waals surface area contributed by atoms with Crippen LogP contribution < -0.4 is 10.5 Å². The zero-order valence-corrected chi connectivity index (χ0v) is 13.8. The fraction of sp³-hybridized carbons (Fsp3) is 0.412. The number of benzene rings is 1. The summed E-state index contributed by atoms with van der Waals surface area (Å²) in [6.07, 6.45) is 1.84. The Balaban J connectivity index is 1.66. The topological polar surface area (TPSA) is 108 Å². The van der Waals surface area contributed by atoms with Crippen molar-refractivity contribution in [1.29, 1.82) is 0 Å². The molecule has 0 saturated carbocycles. The predicted octanol–water partition coefficient (Wildman–Crippen LogP) is 2.06. The number of carbonyl (C=O) groups is 1. The van der Waals surface area contributed by atoms with Crippen LogP contribution in [-0.4, -0.2) is 35.8 Å². The minimum absolute atomic E-state index is 0.0316. The van der Waals surface area contributed by atoms with Crippen LogP contribution in [0.3, 0.4) is 0 Å². The van der Waals surface area contributed by atoms with Crippen LogP contribution in [0.2, 0.25) is 0 Å². The van der Waals surface area contributed by atoms with Gasteiger partial charge in [-0.25, -0.2) is 13.8 Å². The summed E-state index contributed by atoms with van der Waals surface area (Å²) in [5, 5.41) is 10.1. The van der Waals surface area contributed by atoms with Gasteiger partial charge in [-0.1, -0.05) is 0 Å². The van der Waals surface area contributed by atoms with E-state index >= 15 is 0 Å². The fourth-order valence-corrected chi connectivity index (χ4v) is 2.75. The molecule has 1 aromatic carbocycles. The van der Waals surface area contributed by atoms with Crippen LogP contribution in [0.1, 0.15) is 46.8 Å². The second-order valence-electron chi connectivity index (χ2n) is 5.92. The Labute approximate surface area is 147 Å². The third kappa shape index (κ3) is 3.83. The van der Waals surface area contributed by atoms with E-state index < -0.39 is 41.6 Å². The highest BCUT2D eigenvalue weighted by atomic mass is 19.1. The second kappa shape index (κ2) is 7.79. The summed E-state index contributed by atoms with van der Waals surface area (Å²) in [5.41, 5.74) is 4.77. The number of primary amides is 1. The van der Waals surface area contributed by atoms with E-state index in [1.807, 2.05) is 0 Å². The monoisotopic (exact) mass is 368 g/mol. The molecule has 0 spiro atoms. The number of ether oxygens (including phenoxy) is 2. The van der Waals surface area contributed by atoms with Gasteiger partial charge in [0, 0.05) is 19.1 Å². The molecule has 0 aliphatic carbocycles. The molecule has 26 heavy (non-hydrogen) atoms. The van der Waals surface area contributed by atoms with Gasteiger partial charge < -0.3 is 24.7 Å². The molecule has 140 valence electrons. The molecule has 2 heterocycles. The van der Waals surface area contributed by atoms with Crippen molar-refractivity contribution in [1.82, 2.24) is 4.98 Å². The number of oxazole rings is 1. The summed E-state index contributed by atoms with van der Waals surface area (Å²) in [6, 6.07) is 1.87. The normalized spacial score (nSPS) is 16.4. The van der Waals surface area contributed by atoms with Crippen molar-refractivity contribution in [3.8, 4) is 5.75 Å². The average molecular weight is 368 g/mol. The number of rotatable bonds is 6. The first kappa shape index (κ1) is 18.3. The highest BCUT2D eigenvalue weighted by molar-refractivity contribution is 5.93. The Morgan fingerprint density at radius 3 is 2.81 bits per heavy atom. The van der Waals surface area contributed by atoms with E-state index in [2.05, 4.69) is 4.98 Å². The van der Waals surface area contributed by atoms with Gasteiger partial charge in [-0.05, 0) is 25.0 Å². The molecule has 2 aromatic rings. The smallest absolute Gasteiger partial charge is 0.254 e. The lowest BCUT2D eigenvalue weighted by Crippen LogP contribution is -2.17. The van der Waals surface area contributed by atoms with E-state index in [9.17, 15) is 18.7 Å². The van der Waals surface area contributed by atoms with Gasteiger partial charge in [0.2, 0.25) is 5.89 Å². The summed E-state index contributed by atoms with van der Waals surface area (Å²) in [4.78, 5) is 15.4. The van der Waals surface area contributed by atoms with Gasteiger partial charge in [0.1, 0.15) is 24.3 Å². The number of aliphatic hydroxyl groups is 1. The van der Waals surface area contributed by atoms with Gasteiger partial charge >= 0.3 is 0 Å². The van der Waals surface area contributed by atoms with Crippen molar-refractivity contribution in [2.45, 2.75) is 24.9 Å². The SMILES string of the molecule is NC(=O)c1c(F)ccc(OCC(O)c2nc(C3CCOCC3)co2)c1F. The number of aliphatic hydroxyl groups excluding tert-OH is 1. The molecule has 0 radical (unpaired) electrons. The maximum Gasteiger partial charge on any atom is 0.254 e. The standard InChI is InChI=1S/C17H18F2N2O5/c18-10-1-2-13(15(19)14(10)16(20)23)25-8-12(22)17-21-11(7-26-17)9-3-5-24-6-4-9/h1-2,7,9,12,22H,3-6,8H2,(H2,20,23). The number of hydrogen-bond acceptors (Lipinski definition) is 6. The minimum Gasteiger partial charge on any atom is -0.487 e. The molecule has 1 aromatic heterocycles. The van der Waals surface area contributed by atoms with Crippen LogP contribution in [0.5, 0.6) is 5.75 Å². The van der Waals surface area contributed by atoms with E-state index in [1.165, 1.54) is 6.26 Å². The molecule has 0 bridgehead atoms. The number of aromatic nitrogens is 1. The van der Waals surface area contributed by atoms with E-state index in [0.29, 0.717) is 18.9 Å². The first-order valence-electron chi connectivity index (χ1n) is 8.09. The molecule has 9 heteroatoms. The molecule has 1 atom stereocenters. The molecule has 1 amide bonds. The van der Waals surface area contributed by atoms with E-state index in [1.54, 1.807) is 0 Å². The highest BCUT2D eigenvalue weighted by Gasteiger charge is 2.24. The number of halogens is 2. The maximum absolute atomic E-state index is 14.1. The van der Waals surface area contributed by atoms with Crippen LogP contribution in [0, 0.1) is 11.6 Å². The lowest BCUT2D eigenvalue weighted by molar-refractivity contribution is 0.0811. The van der Waals surface area contributed by atoms with E-state index in [0.717, 1.165) is 25.0 Å². The second-order valence-corrected chi connectivity index (χ2v) is 5.92. The highest BCUT2D eigenvalue weighted by Crippen LogP contribution is 2.28. The minimum atomic E-state index is -1.26. The summed E-state index contributed by atoms with van der Waals surface area (Å²) < 4.78 is 43.2. The molecule has 1 unspecified atom stereocenters. The summed E-state index contributed by atoms with van der Waals surface area (Å²) in [5.74, 6) is -3.74.